The van der Waals surface area contributed by atoms with E-state index in [9.17, 15) is 15.0 Å². The lowest BCUT2D eigenvalue weighted by Gasteiger charge is -2.38. The Hall–Kier alpha value is -5.63. The smallest absolute Gasteiger partial charge is 0.245 e. The van der Waals surface area contributed by atoms with E-state index in [4.69, 9.17) is 42.1 Å². The van der Waals surface area contributed by atoms with Gasteiger partial charge in [-0.15, -0.1) is 0 Å². The van der Waals surface area contributed by atoms with Crippen LogP contribution < -0.4 is 24.3 Å². The molecule has 1 amide bonds. The van der Waals surface area contributed by atoms with Crippen LogP contribution in [-0.2, 0) is 4.79 Å². The number of benzene rings is 2. The van der Waals surface area contributed by atoms with E-state index in [1.807, 2.05) is 33.3 Å². The van der Waals surface area contributed by atoms with Crippen molar-refractivity contribution in [2.24, 2.45) is 11.8 Å². The highest BCUT2D eigenvalue weighted by Crippen LogP contribution is 2.41. The van der Waals surface area contributed by atoms with Gasteiger partial charge in [-0.2, -0.15) is 0 Å². The second-order valence-corrected chi connectivity index (χ2v) is 13.9. The Morgan fingerprint density at radius 2 is 1.24 bits per heavy atom. The van der Waals surface area contributed by atoms with Gasteiger partial charge in [0.2, 0.25) is 5.91 Å². The van der Waals surface area contributed by atoms with Crippen LogP contribution in [-0.4, -0.2) is 93.4 Å². The van der Waals surface area contributed by atoms with E-state index in [0.717, 1.165) is 52.1 Å². The van der Waals surface area contributed by atoms with Crippen LogP contribution in [0.1, 0.15) is 7.43 Å². The lowest BCUT2D eigenvalue weighted by molar-refractivity contribution is -0.132. The number of halogens is 2. The molecule has 6 aromatic rings. The fourth-order valence-electron chi connectivity index (χ4n) is 6.21. The van der Waals surface area contributed by atoms with E-state index in [2.05, 4.69) is 21.9 Å². The molecule has 0 radical (unpaired) electrons. The molecule has 4 aromatic heterocycles. The molecule has 0 spiro atoms. The SMILES string of the molecule is C.C=CC(=O)N1CC(COc2cc(-c3cc(Cl)c(O)c(OC)c3)cn3cncc23)C1.COc1cc(-c2cc(OCC3CNC3)c3cncn3c2)cc(Cl)c1O. The van der Waals surface area contributed by atoms with Gasteiger partial charge in [-0.05, 0) is 53.6 Å². The summed E-state index contributed by atoms with van der Waals surface area (Å²) in [5.74, 6) is 2.66. The molecular weight excluding hydrogens is 747 g/mol. The third-order valence-corrected chi connectivity index (χ3v) is 9.96. The van der Waals surface area contributed by atoms with Gasteiger partial charge in [0, 0.05) is 61.5 Å². The number of pyridine rings is 2. The topological polar surface area (TPSA) is 144 Å². The van der Waals surface area contributed by atoms with Crippen LogP contribution in [0.5, 0.6) is 34.5 Å². The van der Waals surface area contributed by atoms with Gasteiger partial charge >= 0.3 is 0 Å². The molecule has 2 saturated heterocycles. The lowest BCUT2D eigenvalue weighted by atomic mass is 10.0. The lowest BCUT2D eigenvalue weighted by Crippen LogP contribution is -2.51. The van der Waals surface area contributed by atoms with Gasteiger partial charge in [-0.3, -0.25) is 4.79 Å². The Labute approximate surface area is 328 Å². The first-order chi connectivity index (χ1) is 26.1. The molecule has 8 rings (SSSR count). The van der Waals surface area contributed by atoms with Crippen LogP contribution in [0.3, 0.4) is 0 Å². The first-order valence-electron chi connectivity index (χ1n) is 17.1. The van der Waals surface area contributed by atoms with Crippen molar-refractivity contribution in [1.29, 1.82) is 0 Å². The molecule has 0 aliphatic carbocycles. The highest BCUT2D eigenvalue weighted by Gasteiger charge is 2.30. The van der Waals surface area contributed by atoms with E-state index in [1.54, 1.807) is 54.2 Å². The first-order valence-corrected chi connectivity index (χ1v) is 17.8. The third kappa shape index (κ3) is 8.24. The van der Waals surface area contributed by atoms with Crippen LogP contribution >= 0.6 is 23.2 Å². The van der Waals surface area contributed by atoms with Crippen molar-refractivity contribution >= 4 is 40.1 Å². The minimum Gasteiger partial charge on any atom is -0.503 e. The molecule has 2 aromatic carbocycles. The van der Waals surface area contributed by atoms with Gasteiger partial charge in [-0.1, -0.05) is 37.2 Å². The number of nitrogens with one attached hydrogen (secondary N) is 1. The van der Waals surface area contributed by atoms with Gasteiger partial charge in [-0.25, -0.2) is 9.97 Å². The summed E-state index contributed by atoms with van der Waals surface area (Å²) in [4.78, 5) is 21.7. The molecule has 0 bridgehead atoms. The maximum atomic E-state index is 11.6. The van der Waals surface area contributed by atoms with Gasteiger partial charge in [0.05, 0.1) is 62.5 Å². The predicted octanol–water partition coefficient (Wildman–Crippen LogP) is 7.00. The zero-order valence-corrected chi connectivity index (χ0v) is 31.0. The average molecular weight is 790 g/mol. The van der Waals surface area contributed by atoms with Crippen molar-refractivity contribution in [2.75, 3.05) is 53.6 Å². The number of hydrogen-bond donors (Lipinski definition) is 3. The Kier molecular flexibility index (Phi) is 11.9. The molecule has 55 heavy (non-hydrogen) atoms. The number of methoxy groups -OCH3 is 2. The number of carbonyl (C=O) groups excluding carboxylic acids is 1. The molecule has 13 nitrogen and oxygen atoms in total. The summed E-state index contributed by atoms with van der Waals surface area (Å²) in [7, 11) is 2.97. The normalized spacial score (nSPS) is 13.9. The number of carbonyl (C=O) groups is 1. The molecule has 2 aliphatic rings. The number of ether oxygens (including phenoxy) is 4. The summed E-state index contributed by atoms with van der Waals surface area (Å²) < 4.78 is 26.3. The minimum atomic E-state index is -0.0956. The molecule has 15 heteroatoms. The second kappa shape index (κ2) is 16.8. The number of nitrogens with zero attached hydrogens (tertiary/aromatic N) is 5. The number of amides is 1. The number of rotatable bonds is 11. The molecule has 0 saturated carbocycles. The molecule has 2 aliphatic heterocycles. The molecule has 0 unspecified atom stereocenters. The van der Waals surface area contributed by atoms with Crippen LogP contribution in [0.4, 0.5) is 0 Å². The molecule has 3 N–H and O–H groups in total. The van der Waals surface area contributed by atoms with Gasteiger partial charge in [0.1, 0.15) is 22.5 Å². The number of phenols is 2. The first kappa shape index (κ1) is 39.1. The van der Waals surface area contributed by atoms with E-state index in [0.29, 0.717) is 49.5 Å². The summed E-state index contributed by atoms with van der Waals surface area (Å²) in [5, 5.41) is 23.6. The van der Waals surface area contributed by atoms with Crippen LogP contribution in [0.2, 0.25) is 10.0 Å². The van der Waals surface area contributed by atoms with E-state index < -0.39 is 0 Å². The Morgan fingerprint density at radius 3 is 1.65 bits per heavy atom. The standard InChI is InChI=1S/C21H20ClN3O4.C18H18ClN3O3.CH4/c1-3-20(26)24-8-13(9-24)11-29-18-6-15(10-25-12-23-7-17(18)25)14-4-16(22)21(27)19(5-14)28-2;1-24-17-3-12(2-14(19)18(17)23)13-4-16(25-9-11-5-20-6-11)15-7-21-10-22(15)8-13;/h3-7,10,12-13,27H,1,8-9,11H2,2H3;2-4,7-8,10-11,20,23H,5-6,9H2,1H3;1H4. The highest BCUT2D eigenvalue weighted by atomic mass is 35.5. The molecule has 2 fully saturated rings. The van der Waals surface area contributed by atoms with Crippen LogP contribution in [0.15, 0.2) is 86.5 Å². The molecule has 6 heterocycles. The summed E-state index contributed by atoms with van der Waals surface area (Å²) in [5.41, 5.74) is 5.08. The fraction of sp³-hybridized carbons (Fsp3) is 0.275. The van der Waals surface area contributed by atoms with Crippen LogP contribution in [0, 0.1) is 11.8 Å². The van der Waals surface area contributed by atoms with Crippen molar-refractivity contribution < 1.29 is 34.0 Å². The largest absolute Gasteiger partial charge is 0.503 e. The molecule has 288 valence electrons. The number of likely N-dealkylation sites (tertiary alicyclic amines) is 1. The Balaban J connectivity index is 0.000000185. The summed E-state index contributed by atoms with van der Waals surface area (Å²) >= 11 is 12.3. The number of aromatic nitrogens is 4. The summed E-state index contributed by atoms with van der Waals surface area (Å²) in [6.45, 7) is 7.95. The average Bonchev–Trinajstić information content (AvgIpc) is 3.82. The number of hydrogen-bond acceptors (Lipinski definition) is 10. The van der Waals surface area contributed by atoms with Crippen molar-refractivity contribution in [3.63, 3.8) is 0 Å². The second-order valence-electron chi connectivity index (χ2n) is 13.0. The fourth-order valence-corrected chi connectivity index (χ4v) is 6.63. The van der Waals surface area contributed by atoms with E-state index >= 15 is 0 Å². The molecular formula is C40H42Cl2N6O7. The predicted molar refractivity (Wildman–Crippen MR) is 212 cm³/mol. The van der Waals surface area contributed by atoms with E-state index in [-0.39, 0.29) is 40.8 Å². The summed E-state index contributed by atoms with van der Waals surface area (Å²) in [6, 6.07) is 10.7. The summed E-state index contributed by atoms with van der Waals surface area (Å²) in [6.07, 6.45) is 12.1. The number of imidazole rings is 2. The minimum absolute atomic E-state index is 0. The number of phenolic OH excluding ortho intramolecular Hbond substituents is 2. The Morgan fingerprint density at radius 1 is 0.782 bits per heavy atom. The maximum Gasteiger partial charge on any atom is 0.245 e. The van der Waals surface area contributed by atoms with E-state index in [1.165, 1.54) is 20.3 Å². The molecule has 0 atom stereocenters. The highest BCUT2D eigenvalue weighted by molar-refractivity contribution is 6.33. The van der Waals surface area contributed by atoms with Crippen molar-refractivity contribution in [2.45, 2.75) is 7.43 Å². The van der Waals surface area contributed by atoms with Gasteiger partial charge in [0.15, 0.2) is 23.0 Å². The van der Waals surface area contributed by atoms with Crippen molar-refractivity contribution in [3.8, 4) is 56.8 Å². The number of fused-ring (bicyclic) bond motifs is 2. The number of aromatic hydroxyl groups is 2. The van der Waals surface area contributed by atoms with Crippen molar-refractivity contribution in [3.05, 3.63) is 96.5 Å². The van der Waals surface area contributed by atoms with Crippen molar-refractivity contribution in [1.82, 2.24) is 29.0 Å². The monoisotopic (exact) mass is 788 g/mol. The zero-order chi connectivity index (χ0) is 37.9. The van der Waals surface area contributed by atoms with Gasteiger partial charge < -0.3 is 48.2 Å². The quantitative estimate of drug-likeness (QED) is 0.118. The third-order valence-electron chi connectivity index (χ3n) is 9.39. The van der Waals surface area contributed by atoms with Crippen LogP contribution in [0.25, 0.3) is 33.3 Å². The zero-order valence-electron chi connectivity index (χ0n) is 29.5. The Bertz CT molecular complexity index is 2330. The maximum absolute atomic E-state index is 11.6. The van der Waals surface area contributed by atoms with Gasteiger partial charge in [0.25, 0.3) is 0 Å².